The summed E-state index contributed by atoms with van der Waals surface area (Å²) in [5.41, 5.74) is 0. The Morgan fingerprint density at radius 2 is 2.21 bits per heavy atom. The quantitative estimate of drug-likeness (QED) is 0.631. The summed E-state index contributed by atoms with van der Waals surface area (Å²) in [5.74, 6) is -0.156. The molecule has 2 heteroatoms. The molecule has 0 amide bonds. The largest absolute Gasteiger partial charge is 0.347 e. The number of rotatable bonds is 5. The van der Waals surface area contributed by atoms with E-state index < -0.39 is 0 Å². The number of unbranched alkanes of at least 4 members (excludes halogenated alkanes) is 3. The van der Waals surface area contributed by atoms with Gasteiger partial charge < -0.3 is 9.47 Å². The summed E-state index contributed by atoms with van der Waals surface area (Å²) in [5, 5.41) is 0. The van der Waals surface area contributed by atoms with Crippen LogP contribution in [0.4, 0.5) is 0 Å². The van der Waals surface area contributed by atoms with Crippen LogP contribution in [0.3, 0.4) is 0 Å². The fourth-order valence-corrected chi connectivity index (χ4v) is 2.57. The van der Waals surface area contributed by atoms with Crippen LogP contribution >= 0.6 is 0 Å². The van der Waals surface area contributed by atoms with E-state index in [2.05, 4.69) is 6.92 Å². The minimum atomic E-state index is -0.156. The Balaban J connectivity index is 1.73. The number of fused-ring (bicyclic) bond motifs is 2. The van der Waals surface area contributed by atoms with E-state index in [9.17, 15) is 0 Å². The van der Waals surface area contributed by atoms with Gasteiger partial charge in [0.05, 0.1) is 12.7 Å². The average molecular weight is 198 g/mol. The fourth-order valence-electron chi connectivity index (χ4n) is 2.57. The third kappa shape index (κ3) is 2.29. The molecule has 82 valence electrons. The molecule has 0 saturated carbocycles. The Hall–Kier alpha value is -0.0800. The van der Waals surface area contributed by atoms with Crippen LogP contribution in [-0.2, 0) is 9.47 Å². The molecule has 0 aromatic rings. The molecule has 0 N–H and O–H groups in total. The molecule has 0 aliphatic carbocycles. The molecule has 0 radical (unpaired) electrons. The smallest absolute Gasteiger partial charge is 0.168 e. The molecule has 0 unspecified atom stereocenters. The van der Waals surface area contributed by atoms with Crippen molar-refractivity contribution in [3.8, 4) is 0 Å². The maximum absolute atomic E-state index is 5.94. The maximum Gasteiger partial charge on any atom is 0.168 e. The van der Waals surface area contributed by atoms with E-state index in [4.69, 9.17) is 9.47 Å². The molecular weight excluding hydrogens is 176 g/mol. The van der Waals surface area contributed by atoms with E-state index in [-0.39, 0.29) is 5.79 Å². The monoisotopic (exact) mass is 198 g/mol. The van der Waals surface area contributed by atoms with E-state index in [1.54, 1.807) is 0 Å². The first kappa shape index (κ1) is 10.4. The van der Waals surface area contributed by atoms with Crippen LogP contribution in [0.5, 0.6) is 0 Å². The van der Waals surface area contributed by atoms with Gasteiger partial charge in [-0.25, -0.2) is 0 Å². The summed E-state index contributed by atoms with van der Waals surface area (Å²) in [7, 11) is 0. The van der Waals surface area contributed by atoms with Crippen LogP contribution in [0.25, 0.3) is 0 Å². The third-order valence-electron chi connectivity index (χ3n) is 3.41. The first-order valence-electron chi connectivity index (χ1n) is 6.16. The summed E-state index contributed by atoms with van der Waals surface area (Å²) >= 11 is 0. The lowest BCUT2D eigenvalue weighted by atomic mass is 9.98. The molecule has 0 aromatic heterocycles. The van der Waals surface area contributed by atoms with E-state index in [1.807, 2.05) is 0 Å². The fraction of sp³-hybridized carbons (Fsp3) is 1.00. The molecule has 2 saturated heterocycles. The highest BCUT2D eigenvalue weighted by molar-refractivity contribution is 4.84. The van der Waals surface area contributed by atoms with Crippen molar-refractivity contribution in [2.24, 2.45) is 0 Å². The second-order valence-electron chi connectivity index (χ2n) is 4.66. The van der Waals surface area contributed by atoms with Gasteiger partial charge >= 0.3 is 0 Å². The Labute approximate surface area is 87.0 Å². The van der Waals surface area contributed by atoms with Gasteiger partial charge in [0.15, 0.2) is 5.79 Å². The lowest BCUT2D eigenvalue weighted by Gasteiger charge is -2.31. The van der Waals surface area contributed by atoms with Gasteiger partial charge in [-0.1, -0.05) is 26.2 Å². The summed E-state index contributed by atoms with van der Waals surface area (Å²) < 4.78 is 11.8. The van der Waals surface area contributed by atoms with Gasteiger partial charge in [-0.05, 0) is 19.3 Å². The molecule has 2 heterocycles. The first-order valence-corrected chi connectivity index (χ1v) is 6.16. The standard InChI is InChI=1S/C12H22O2/c1-2-3-4-5-8-12-9-6-7-11(14-12)10-13-12/h11H,2-10H2,1H3/t11-,12+/m1/s1. The van der Waals surface area contributed by atoms with Crippen molar-refractivity contribution in [2.75, 3.05) is 6.61 Å². The molecule has 2 atom stereocenters. The van der Waals surface area contributed by atoms with Gasteiger partial charge in [0, 0.05) is 12.8 Å². The van der Waals surface area contributed by atoms with Gasteiger partial charge in [-0.15, -0.1) is 0 Å². The highest BCUT2D eigenvalue weighted by Crippen LogP contribution is 2.39. The highest BCUT2D eigenvalue weighted by Gasteiger charge is 2.43. The lowest BCUT2D eigenvalue weighted by molar-refractivity contribution is -0.193. The molecule has 2 rings (SSSR count). The molecule has 0 aromatic carbocycles. The van der Waals surface area contributed by atoms with Crippen molar-refractivity contribution in [1.29, 1.82) is 0 Å². The topological polar surface area (TPSA) is 18.5 Å². The molecule has 2 aliphatic heterocycles. The van der Waals surface area contributed by atoms with Crippen molar-refractivity contribution >= 4 is 0 Å². The van der Waals surface area contributed by atoms with Crippen LogP contribution in [-0.4, -0.2) is 18.5 Å². The molecule has 2 nitrogen and oxygen atoms in total. The van der Waals surface area contributed by atoms with E-state index >= 15 is 0 Å². The van der Waals surface area contributed by atoms with Crippen molar-refractivity contribution in [3.63, 3.8) is 0 Å². The summed E-state index contributed by atoms with van der Waals surface area (Å²) in [6.45, 7) is 3.09. The molecule has 2 aliphatic rings. The predicted octanol–water partition coefficient (Wildman–Crippen LogP) is 3.25. The van der Waals surface area contributed by atoms with E-state index in [1.165, 1.54) is 38.5 Å². The van der Waals surface area contributed by atoms with Gasteiger partial charge in [0.1, 0.15) is 0 Å². The van der Waals surface area contributed by atoms with Crippen molar-refractivity contribution in [3.05, 3.63) is 0 Å². The number of hydrogen-bond acceptors (Lipinski definition) is 2. The summed E-state index contributed by atoms with van der Waals surface area (Å²) in [4.78, 5) is 0. The summed E-state index contributed by atoms with van der Waals surface area (Å²) in [6.07, 6.45) is 10.4. The zero-order chi connectivity index (χ0) is 9.86. The second-order valence-corrected chi connectivity index (χ2v) is 4.66. The Morgan fingerprint density at radius 1 is 1.29 bits per heavy atom. The van der Waals surface area contributed by atoms with E-state index in [0.29, 0.717) is 6.10 Å². The Morgan fingerprint density at radius 3 is 3.07 bits per heavy atom. The van der Waals surface area contributed by atoms with Gasteiger partial charge in [0.25, 0.3) is 0 Å². The predicted molar refractivity (Wildman–Crippen MR) is 56.2 cm³/mol. The Bertz CT molecular complexity index is 177. The van der Waals surface area contributed by atoms with Crippen LogP contribution in [0.15, 0.2) is 0 Å². The van der Waals surface area contributed by atoms with Crippen LogP contribution in [0, 0.1) is 0 Å². The van der Waals surface area contributed by atoms with Gasteiger partial charge in [0.2, 0.25) is 0 Å². The third-order valence-corrected chi connectivity index (χ3v) is 3.41. The van der Waals surface area contributed by atoms with Crippen LogP contribution in [0.1, 0.15) is 58.3 Å². The minimum Gasteiger partial charge on any atom is -0.347 e. The molecule has 0 spiro atoms. The Kier molecular flexibility index (Phi) is 3.45. The lowest BCUT2D eigenvalue weighted by Crippen LogP contribution is -2.34. The van der Waals surface area contributed by atoms with Crippen LogP contribution in [0.2, 0.25) is 0 Å². The minimum absolute atomic E-state index is 0.156. The SMILES string of the molecule is CCCCCC[C@]12CCC[C@H](CO1)O2. The molecule has 14 heavy (non-hydrogen) atoms. The molecule has 2 bridgehead atoms. The normalized spacial score (nSPS) is 36.2. The second kappa shape index (κ2) is 4.63. The van der Waals surface area contributed by atoms with Crippen molar-refractivity contribution < 1.29 is 9.47 Å². The first-order chi connectivity index (χ1) is 6.85. The zero-order valence-electron chi connectivity index (χ0n) is 9.26. The van der Waals surface area contributed by atoms with Crippen molar-refractivity contribution in [1.82, 2.24) is 0 Å². The summed E-state index contributed by atoms with van der Waals surface area (Å²) in [6, 6.07) is 0. The molecule has 2 fully saturated rings. The number of hydrogen-bond donors (Lipinski definition) is 0. The highest BCUT2D eigenvalue weighted by atomic mass is 16.7. The van der Waals surface area contributed by atoms with Crippen molar-refractivity contribution in [2.45, 2.75) is 70.2 Å². The number of ether oxygens (including phenoxy) is 2. The maximum atomic E-state index is 5.94. The van der Waals surface area contributed by atoms with Gasteiger partial charge in [-0.3, -0.25) is 0 Å². The van der Waals surface area contributed by atoms with E-state index in [0.717, 1.165) is 19.4 Å². The average Bonchev–Trinajstić information content (AvgIpc) is 2.50. The van der Waals surface area contributed by atoms with Gasteiger partial charge in [-0.2, -0.15) is 0 Å². The van der Waals surface area contributed by atoms with Crippen LogP contribution < -0.4 is 0 Å². The zero-order valence-corrected chi connectivity index (χ0v) is 9.26. The molecular formula is C12H22O2.